The Balaban J connectivity index is 2.27. The Bertz CT molecular complexity index is 476. The number of halogens is 2. The highest BCUT2D eigenvalue weighted by molar-refractivity contribution is 9.10. The van der Waals surface area contributed by atoms with E-state index in [2.05, 4.69) is 35.1 Å². The second kappa shape index (κ2) is 5.19. The standard InChI is InChI=1S/C13H16BrClN2O/c1-13(2)8-16-5-6-17(13)12(18)9-3-4-11(15)10(14)7-9/h3-4,7,16H,5-6,8H2,1-2H3. The van der Waals surface area contributed by atoms with E-state index in [1.165, 1.54) is 0 Å². The van der Waals surface area contributed by atoms with Gasteiger partial charge in [0.05, 0.1) is 10.6 Å². The number of hydrogen-bond acceptors (Lipinski definition) is 2. The molecule has 0 radical (unpaired) electrons. The molecule has 1 N–H and O–H groups in total. The number of amides is 1. The van der Waals surface area contributed by atoms with E-state index in [0.29, 0.717) is 10.6 Å². The highest BCUT2D eigenvalue weighted by Crippen LogP contribution is 2.26. The van der Waals surface area contributed by atoms with Crippen LogP contribution in [0, 0.1) is 0 Å². The third-order valence-electron chi connectivity index (χ3n) is 3.21. The van der Waals surface area contributed by atoms with Crippen molar-refractivity contribution in [3.63, 3.8) is 0 Å². The second-order valence-electron chi connectivity index (χ2n) is 5.07. The highest BCUT2D eigenvalue weighted by atomic mass is 79.9. The van der Waals surface area contributed by atoms with E-state index in [9.17, 15) is 4.79 Å². The van der Waals surface area contributed by atoms with Crippen LogP contribution in [-0.4, -0.2) is 36.0 Å². The van der Waals surface area contributed by atoms with Crippen LogP contribution < -0.4 is 5.32 Å². The summed E-state index contributed by atoms with van der Waals surface area (Å²) in [5.74, 6) is 0.0545. The van der Waals surface area contributed by atoms with Crippen molar-refractivity contribution >= 4 is 33.4 Å². The van der Waals surface area contributed by atoms with E-state index < -0.39 is 0 Å². The van der Waals surface area contributed by atoms with Crippen LogP contribution >= 0.6 is 27.5 Å². The van der Waals surface area contributed by atoms with Crippen LogP contribution in [0.5, 0.6) is 0 Å². The maximum absolute atomic E-state index is 12.5. The average molecular weight is 332 g/mol. The fourth-order valence-corrected chi connectivity index (χ4v) is 2.64. The summed E-state index contributed by atoms with van der Waals surface area (Å²) in [4.78, 5) is 14.4. The van der Waals surface area contributed by atoms with Gasteiger partial charge in [-0.05, 0) is 48.0 Å². The normalized spacial score (nSPS) is 18.8. The van der Waals surface area contributed by atoms with Crippen molar-refractivity contribution in [2.45, 2.75) is 19.4 Å². The van der Waals surface area contributed by atoms with Crippen molar-refractivity contribution in [3.8, 4) is 0 Å². The summed E-state index contributed by atoms with van der Waals surface area (Å²) in [7, 11) is 0. The summed E-state index contributed by atoms with van der Waals surface area (Å²) in [6.45, 7) is 6.52. The zero-order valence-corrected chi connectivity index (χ0v) is 12.8. The Labute approximate surface area is 121 Å². The van der Waals surface area contributed by atoms with Gasteiger partial charge < -0.3 is 10.2 Å². The lowest BCUT2D eigenvalue weighted by atomic mass is 9.99. The summed E-state index contributed by atoms with van der Waals surface area (Å²) in [5, 5.41) is 3.92. The van der Waals surface area contributed by atoms with Gasteiger partial charge in [0.25, 0.3) is 5.91 Å². The van der Waals surface area contributed by atoms with Gasteiger partial charge in [-0.3, -0.25) is 4.79 Å². The van der Waals surface area contributed by atoms with Crippen LogP contribution in [0.4, 0.5) is 0 Å². The molecule has 0 aromatic heterocycles. The topological polar surface area (TPSA) is 32.3 Å². The van der Waals surface area contributed by atoms with E-state index in [0.717, 1.165) is 24.1 Å². The molecule has 0 unspecified atom stereocenters. The van der Waals surface area contributed by atoms with Gasteiger partial charge in [0.2, 0.25) is 0 Å². The lowest BCUT2D eigenvalue weighted by Gasteiger charge is -2.42. The zero-order valence-electron chi connectivity index (χ0n) is 10.5. The van der Waals surface area contributed by atoms with E-state index in [1.54, 1.807) is 18.2 Å². The first-order valence-electron chi connectivity index (χ1n) is 5.89. The second-order valence-corrected chi connectivity index (χ2v) is 6.34. The minimum atomic E-state index is -0.165. The number of benzene rings is 1. The number of carbonyl (C=O) groups is 1. The van der Waals surface area contributed by atoms with Crippen molar-refractivity contribution in [1.29, 1.82) is 0 Å². The van der Waals surface area contributed by atoms with Crippen LogP contribution in [-0.2, 0) is 0 Å². The van der Waals surface area contributed by atoms with Gasteiger partial charge >= 0.3 is 0 Å². The van der Waals surface area contributed by atoms with Crippen LogP contribution in [0.2, 0.25) is 5.02 Å². The number of nitrogens with zero attached hydrogens (tertiary/aromatic N) is 1. The SMILES string of the molecule is CC1(C)CNCCN1C(=O)c1ccc(Cl)c(Br)c1. The Kier molecular flexibility index (Phi) is 3.99. The van der Waals surface area contributed by atoms with Crippen LogP contribution in [0.1, 0.15) is 24.2 Å². The molecule has 98 valence electrons. The Morgan fingerprint density at radius 1 is 1.50 bits per heavy atom. The molecule has 0 spiro atoms. The maximum atomic E-state index is 12.5. The molecule has 1 amide bonds. The molecule has 1 aliphatic heterocycles. The minimum Gasteiger partial charge on any atom is -0.331 e. The smallest absolute Gasteiger partial charge is 0.254 e. The number of hydrogen-bond donors (Lipinski definition) is 1. The Morgan fingerprint density at radius 3 is 2.83 bits per heavy atom. The number of piperazine rings is 1. The predicted octanol–water partition coefficient (Wildman–Crippen LogP) is 2.93. The zero-order chi connectivity index (χ0) is 13.3. The molecule has 2 rings (SSSR count). The van der Waals surface area contributed by atoms with Crippen molar-refractivity contribution in [2.24, 2.45) is 0 Å². The third-order valence-corrected chi connectivity index (χ3v) is 4.43. The molecule has 0 aliphatic carbocycles. The van der Waals surface area contributed by atoms with Gasteiger partial charge in [0, 0.05) is 29.7 Å². The van der Waals surface area contributed by atoms with Crippen LogP contribution in [0.15, 0.2) is 22.7 Å². The fourth-order valence-electron chi connectivity index (χ4n) is 2.14. The van der Waals surface area contributed by atoms with E-state index in [4.69, 9.17) is 11.6 Å². The van der Waals surface area contributed by atoms with Crippen molar-refractivity contribution in [3.05, 3.63) is 33.3 Å². The molecule has 1 fully saturated rings. The molecular formula is C13H16BrClN2O. The quantitative estimate of drug-likeness (QED) is 0.858. The average Bonchev–Trinajstić information content (AvgIpc) is 2.31. The first kappa shape index (κ1) is 13.8. The van der Waals surface area contributed by atoms with Gasteiger partial charge in [-0.25, -0.2) is 0 Å². The molecule has 0 bridgehead atoms. The molecule has 5 heteroatoms. The van der Waals surface area contributed by atoms with Gasteiger partial charge in [-0.1, -0.05) is 11.6 Å². The number of nitrogens with one attached hydrogen (secondary N) is 1. The molecule has 0 saturated carbocycles. The maximum Gasteiger partial charge on any atom is 0.254 e. The summed E-state index contributed by atoms with van der Waals surface area (Å²) in [5.41, 5.74) is 0.503. The fraction of sp³-hybridized carbons (Fsp3) is 0.462. The van der Waals surface area contributed by atoms with Gasteiger partial charge in [0.15, 0.2) is 0 Å². The first-order valence-corrected chi connectivity index (χ1v) is 7.07. The molecular weight excluding hydrogens is 316 g/mol. The highest BCUT2D eigenvalue weighted by Gasteiger charge is 2.33. The van der Waals surface area contributed by atoms with Gasteiger partial charge in [-0.2, -0.15) is 0 Å². The number of rotatable bonds is 1. The predicted molar refractivity (Wildman–Crippen MR) is 77.1 cm³/mol. The van der Waals surface area contributed by atoms with Crippen molar-refractivity contribution in [2.75, 3.05) is 19.6 Å². The van der Waals surface area contributed by atoms with E-state index in [-0.39, 0.29) is 11.4 Å². The number of carbonyl (C=O) groups excluding carboxylic acids is 1. The van der Waals surface area contributed by atoms with Crippen molar-refractivity contribution < 1.29 is 4.79 Å². The van der Waals surface area contributed by atoms with Crippen LogP contribution in [0.3, 0.4) is 0 Å². The van der Waals surface area contributed by atoms with Gasteiger partial charge in [-0.15, -0.1) is 0 Å². The third kappa shape index (κ3) is 2.71. The monoisotopic (exact) mass is 330 g/mol. The Morgan fingerprint density at radius 2 is 2.22 bits per heavy atom. The lowest BCUT2D eigenvalue weighted by molar-refractivity contribution is 0.0477. The molecule has 1 heterocycles. The molecule has 3 nitrogen and oxygen atoms in total. The summed E-state index contributed by atoms with van der Waals surface area (Å²) >= 11 is 9.30. The summed E-state index contributed by atoms with van der Waals surface area (Å²) < 4.78 is 0.753. The van der Waals surface area contributed by atoms with E-state index >= 15 is 0 Å². The largest absolute Gasteiger partial charge is 0.331 e. The molecule has 1 aliphatic rings. The molecule has 1 aromatic rings. The molecule has 1 aromatic carbocycles. The molecule has 18 heavy (non-hydrogen) atoms. The van der Waals surface area contributed by atoms with Gasteiger partial charge in [0.1, 0.15) is 0 Å². The summed E-state index contributed by atoms with van der Waals surface area (Å²) in [6, 6.07) is 5.30. The minimum absolute atomic E-state index is 0.0545. The Hall–Kier alpha value is -0.580. The lowest BCUT2D eigenvalue weighted by Crippen LogP contribution is -2.59. The summed E-state index contributed by atoms with van der Waals surface area (Å²) in [6.07, 6.45) is 0. The molecule has 1 saturated heterocycles. The molecule has 0 atom stereocenters. The first-order chi connectivity index (χ1) is 8.42. The van der Waals surface area contributed by atoms with Crippen molar-refractivity contribution in [1.82, 2.24) is 10.2 Å². The van der Waals surface area contributed by atoms with E-state index in [1.807, 2.05) is 4.90 Å². The van der Waals surface area contributed by atoms with Crippen LogP contribution in [0.25, 0.3) is 0 Å².